The Morgan fingerprint density at radius 3 is 2.80 bits per heavy atom. The highest BCUT2D eigenvalue weighted by atomic mass is 16.5. The second-order valence-corrected chi connectivity index (χ2v) is 5.78. The zero-order chi connectivity index (χ0) is 13.9. The molecule has 1 fully saturated rings. The van der Waals surface area contributed by atoms with Gasteiger partial charge in [-0.15, -0.1) is 0 Å². The lowest BCUT2D eigenvalue weighted by molar-refractivity contribution is -0.149. The highest BCUT2D eigenvalue weighted by Gasteiger charge is 2.30. The first-order valence-electron chi connectivity index (χ1n) is 7.41. The first-order valence-corrected chi connectivity index (χ1v) is 7.41. The van der Waals surface area contributed by atoms with E-state index in [0.717, 1.165) is 32.2 Å². The predicted octanol–water partition coefficient (Wildman–Crippen LogP) is 1.77. The van der Waals surface area contributed by atoms with Gasteiger partial charge in [0.25, 0.3) is 0 Å². The van der Waals surface area contributed by atoms with Crippen molar-refractivity contribution in [2.45, 2.75) is 50.4 Å². The van der Waals surface area contributed by atoms with Gasteiger partial charge >= 0.3 is 5.97 Å². The average Bonchev–Trinajstić information content (AvgIpc) is 2.94. The molecule has 1 aromatic carbocycles. The topological polar surface area (TPSA) is 58.6 Å². The molecule has 0 bridgehead atoms. The lowest BCUT2D eigenvalue weighted by atomic mass is 9.88. The summed E-state index contributed by atoms with van der Waals surface area (Å²) in [6, 6.07) is 9.10. The van der Waals surface area contributed by atoms with Crippen molar-refractivity contribution < 1.29 is 14.6 Å². The van der Waals surface area contributed by atoms with Gasteiger partial charge in [-0.3, -0.25) is 0 Å². The van der Waals surface area contributed by atoms with Gasteiger partial charge in [-0.1, -0.05) is 24.3 Å². The molecule has 1 aliphatic heterocycles. The molecule has 0 radical (unpaired) electrons. The van der Waals surface area contributed by atoms with E-state index in [0.29, 0.717) is 12.5 Å². The smallest absolute Gasteiger partial charge is 0.332 e. The maximum atomic E-state index is 10.8. The molecule has 3 atom stereocenters. The molecule has 1 aromatic rings. The van der Waals surface area contributed by atoms with Gasteiger partial charge < -0.3 is 15.2 Å². The Bertz CT molecular complexity index is 488. The Morgan fingerprint density at radius 2 is 2.05 bits per heavy atom. The fraction of sp³-hybridized carbons (Fsp3) is 0.562. The molecular weight excluding hydrogens is 254 g/mol. The van der Waals surface area contributed by atoms with Crippen molar-refractivity contribution in [3.05, 3.63) is 35.4 Å². The quantitative estimate of drug-likeness (QED) is 0.879. The normalized spacial score (nSPS) is 29.1. The monoisotopic (exact) mass is 275 g/mol. The van der Waals surface area contributed by atoms with Crippen LogP contribution < -0.4 is 5.32 Å². The zero-order valence-corrected chi connectivity index (χ0v) is 11.5. The summed E-state index contributed by atoms with van der Waals surface area (Å²) < 4.78 is 5.52. The first kappa shape index (κ1) is 13.6. The Balaban J connectivity index is 1.48. The molecular formula is C16H21NO3. The third-order valence-electron chi connectivity index (χ3n) is 4.36. The highest BCUT2D eigenvalue weighted by molar-refractivity contribution is 5.72. The zero-order valence-electron chi connectivity index (χ0n) is 11.5. The third kappa shape index (κ3) is 3.02. The largest absolute Gasteiger partial charge is 0.479 e. The fourth-order valence-electron chi connectivity index (χ4n) is 3.21. The highest BCUT2D eigenvalue weighted by Crippen LogP contribution is 2.22. The van der Waals surface area contributed by atoms with Crippen LogP contribution in [0.1, 0.15) is 30.4 Å². The summed E-state index contributed by atoms with van der Waals surface area (Å²) in [7, 11) is 0. The van der Waals surface area contributed by atoms with Crippen LogP contribution in [0.4, 0.5) is 0 Å². The summed E-state index contributed by atoms with van der Waals surface area (Å²) >= 11 is 0. The Morgan fingerprint density at radius 1 is 1.25 bits per heavy atom. The third-order valence-corrected chi connectivity index (χ3v) is 4.36. The van der Waals surface area contributed by atoms with Gasteiger partial charge in [0.2, 0.25) is 0 Å². The molecule has 0 spiro atoms. The van der Waals surface area contributed by atoms with Gasteiger partial charge in [-0.25, -0.2) is 4.79 Å². The number of hydrogen-bond acceptors (Lipinski definition) is 3. The minimum Gasteiger partial charge on any atom is -0.479 e. The van der Waals surface area contributed by atoms with Crippen LogP contribution in [-0.2, 0) is 22.4 Å². The maximum absolute atomic E-state index is 10.8. The Labute approximate surface area is 119 Å². The summed E-state index contributed by atoms with van der Waals surface area (Å²) in [5.41, 5.74) is 2.90. The number of nitrogens with one attached hydrogen (secondary N) is 1. The fourth-order valence-corrected chi connectivity index (χ4v) is 3.21. The summed E-state index contributed by atoms with van der Waals surface area (Å²) in [5.74, 6) is -0.834. The number of ether oxygens (including phenoxy) is 1. The van der Waals surface area contributed by atoms with Crippen molar-refractivity contribution >= 4 is 5.97 Å². The molecule has 3 unspecified atom stereocenters. The minimum absolute atomic E-state index is 0.0493. The molecule has 2 N–H and O–H groups in total. The second-order valence-electron chi connectivity index (χ2n) is 5.78. The van der Waals surface area contributed by atoms with E-state index in [1.807, 2.05) is 0 Å². The number of benzene rings is 1. The lowest BCUT2D eigenvalue weighted by Gasteiger charge is -2.26. The van der Waals surface area contributed by atoms with Crippen molar-refractivity contribution in [3.8, 4) is 0 Å². The predicted molar refractivity (Wildman–Crippen MR) is 75.8 cm³/mol. The first-order chi connectivity index (χ1) is 9.72. The van der Waals surface area contributed by atoms with E-state index in [1.54, 1.807) is 0 Å². The molecule has 0 aromatic heterocycles. The Hall–Kier alpha value is -1.39. The standard InChI is InChI=1S/C16H21NO3/c18-16(19)15-8-7-14(20-15)10-17-13-6-5-11-3-1-2-4-12(11)9-13/h1-4,13-15,17H,5-10H2,(H,18,19). The molecule has 108 valence electrons. The molecule has 1 saturated heterocycles. The number of fused-ring (bicyclic) bond motifs is 1. The van der Waals surface area contributed by atoms with Crippen molar-refractivity contribution in [1.82, 2.24) is 5.32 Å². The Kier molecular flexibility index (Phi) is 4.03. The number of aryl methyl sites for hydroxylation is 1. The molecule has 20 heavy (non-hydrogen) atoms. The van der Waals surface area contributed by atoms with Gasteiger partial charge in [0.05, 0.1) is 6.10 Å². The number of carboxylic acid groups (broad SMARTS) is 1. The van der Waals surface area contributed by atoms with E-state index < -0.39 is 12.1 Å². The molecule has 0 amide bonds. The molecule has 0 saturated carbocycles. The van der Waals surface area contributed by atoms with E-state index in [-0.39, 0.29) is 6.10 Å². The minimum atomic E-state index is -0.834. The van der Waals surface area contributed by atoms with Crippen molar-refractivity contribution in [1.29, 1.82) is 0 Å². The van der Waals surface area contributed by atoms with Crippen LogP contribution in [0.15, 0.2) is 24.3 Å². The number of aliphatic carboxylic acids is 1. The number of carboxylic acids is 1. The van der Waals surface area contributed by atoms with E-state index in [9.17, 15) is 4.79 Å². The van der Waals surface area contributed by atoms with Crippen LogP contribution in [0.25, 0.3) is 0 Å². The summed E-state index contributed by atoms with van der Waals surface area (Å²) in [5, 5.41) is 12.5. The van der Waals surface area contributed by atoms with Crippen LogP contribution >= 0.6 is 0 Å². The molecule has 1 aliphatic carbocycles. The molecule has 4 heteroatoms. The second kappa shape index (κ2) is 5.94. The van der Waals surface area contributed by atoms with Crippen LogP contribution in [0.2, 0.25) is 0 Å². The van der Waals surface area contributed by atoms with Crippen LogP contribution in [0, 0.1) is 0 Å². The van der Waals surface area contributed by atoms with E-state index >= 15 is 0 Å². The summed E-state index contributed by atoms with van der Waals surface area (Å²) in [6.07, 6.45) is 4.25. The van der Waals surface area contributed by atoms with Gasteiger partial charge in [0.1, 0.15) is 0 Å². The van der Waals surface area contributed by atoms with E-state index in [4.69, 9.17) is 9.84 Å². The summed E-state index contributed by atoms with van der Waals surface area (Å²) in [6.45, 7) is 0.761. The van der Waals surface area contributed by atoms with Crippen LogP contribution in [-0.4, -0.2) is 35.9 Å². The number of hydrogen-bond donors (Lipinski definition) is 2. The van der Waals surface area contributed by atoms with Crippen LogP contribution in [0.5, 0.6) is 0 Å². The van der Waals surface area contributed by atoms with Crippen LogP contribution in [0.3, 0.4) is 0 Å². The van der Waals surface area contributed by atoms with Gasteiger partial charge in [0.15, 0.2) is 6.10 Å². The van der Waals surface area contributed by atoms with E-state index in [2.05, 4.69) is 29.6 Å². The number of carbonyl (C=O) groups is 1. The van der Waals surface area contributed by atoms with Crippen molar-refractivity contribution in [2.24, 2.45) is 0 Å². The van der Waals surface area contributed by atoms with Crippen molar-refractivity contribution in [3.63, 3.8) is 0 Å². The molecule has 2 aliphatic rings. The van der Waals surface area contributed by atoms with Crippen molar-refractivity contribution in [2.75, 3.05) is 6.54 Å². The van der Waals surface area contributed by atoms with Gasteiger partial charge in [-0.05, 0) is 43.2 Å². The molecule has 1 heterocycles. The summed E-state index contributed by atoms with van der Waals surface area (Å²) in [4.78, 5) is 10.8. The van der Waals surface area contributed by atoms with E-state index in [1.165, 1.54) is 11.1 Å². The molecule has 4 nitrogen and oxygen atoms in total. The van der Waals surface area contributed by atoms with Gasteiger partial charge in [-0.2, -0.15) is 0 Å². The molecule has 3 rings (SSSR count). The van der Waals surface area contributed by atoms with Gasteiger partial charge in [0, 0.05) is 12.6 Å². The SMILES string of the molecule is O=C(O)C1CCC(CNC2CCc3ccccc3C2)O1. The lowest BCUT2D eigenvalue weighted by Crippen LogP contribution is -2.39. The number of rotatable bonds is 4. The maximum Gasteiger partial charge on any atom is 0.332 e. The average molecular weight is 275 g/mol.